The fraction of sp³-hybridized carbons (Fsp3) is 0.330. The number of anilines is 5. The number of hydrogen-bond donors (Lipinski definition) is 0. The number of carbonyl (C=O) groups excluding carboxylic acids is 5. The van der Waals surface area contributed by atoms with Crippen LogP contribution in [0.5, 0.6) is 0 Å². The van der Waals surface area contributed by atoms with Crippen LogP contribution >= 0.6 is 69.6 Å². The van der Waals surface area contributed by atoms with Crippen molar-refractivity contribution in [3.8, 4) is 0 Å². The molecule has 10 aromatic rings. The van der Waals surface area contributed by atoms with E-state index in [1.54, 1.807) is 56.0 Å². The van der Waals surface area contributed by atoms with E-state index in [2.05, 4.69) is 0 Å². The molecule has 49 heteroatoms. The minimum absolute atomic E-state index is 0.0497. The van der Waals surface area contributed by atoms with Crippen LogP contribution in [0.4, 0.5) is 87.5 Å². The maximum absolute atomic E-state index is 14.1. The second-order valence-corrected chi connectivity index (χ2v) is 47.3. The topological polar surface area (TPSA) is 335 Å². The number of benzene rings is 10. The molecule has 5 fully saturated rings. The lowest BCUT2D eigenvalue weighted by Crippen LogP contribution is -2.50. The third-order valence-corrected chi connectivity index (χ3v) is 37.8. The van der Waals surface area contributed by atoms with Gasteiger partial charge in [-0.05, 0) is 156 Å². The standard InChI is InChI=1S/2C20H19ClF2N2O4S.C19H16Cl2F2N2O4S.C19H17ClF2N2O4S.C19H19ClN2O4S/c1-12-2-3-18-13(8-12)11-29-20(26)25(18)14-4-6-24(7-5-14)30(27,28)19-9-15(21)16(22)10-17(19)23;1-12-3-2-4-13-11-29-20(26)25(19(12)13)14-5-7-24(8-6-14)30(27,28)18-9-15(21)16(22)10-17(18)23;20-12-1-2-17-11(7-12)10-29-19(26)25(17)13-3-5-24(6-4-13)30(27,28)18-8-14(21)15(22)9-16(18)23;20-14-9-18(16(22)10-15(14)21)29(26,27)23-7-5-13(6-8-23)24-17-4-2-1-3-12(17)11-28-19(24)25;20-16-6-2-4-8-18(16)27(24,25)21-11-9-15(10-12-21)22-17-7-3-1-5-14(17)13-26-19(22)23/h2-3,8-10,14H,4-7,11H2,1H3;2-4,9-10,14H,5-8,11H2,1H3;1-2,7-9,13H,3-6,10H2;1-4,9-10,13H,5-8,11H2;1-8,15H,9-13H2. The molecule has 10 heterocycles. The van der Waals surface area contributed by atoms with Gasteiger partial charge in [-0.2, -0.15) is 21.5 Å². The van der Waals surface area contributed by atoms with E-state index in [-0.39, 0.29) is 132 Å². The molecule has 0 aromatic heterocycles. The van der Waals surface area contributed by atoms with Gasteiger partial charge >= 0.3 is 30.5 Å². The fourth-order valence-corrected chi connectivity index (χ4v) is 28.2. The van der Waals surface area contributed by atoms with E-state index in [1.807, 2.05) is 98.8 Å². The fourth-order valence-electron chi connectivity index (χ4n) is 19.0. The molecule has 0 saturated carbocycles. The van der Waals surface area contributed by atoms with Gasteiger partial charge in [-0.15, -0.1) is 0 Å². The van der Waals surface area contributed by atoms with E-state index >= 15 is 0 Å². The van der Waals surface area contributed by atoms with Crippen molar-refractivity contribution < 1.29 is 125 Å². The zero-order chi connectivity index (χ0) is 105. The van der Waals surface area contributed by atoms with Crippen LogP contribution in [0.2, 0.25) is 30.1 Å². The zero-order valence-electron chi connectivity index (χ0n) is 77.3. The molecule has 0 unspecified atom stereocenters. The number of halogens is 14. The highest BCUT2D eigenvalue weighted by Crippen LogP contribution is 2.44. The first kappa shape index (κ1) is 108. The number of hydrogen-bond acceptors (Lipinski definition) is 20. The number of aryl methyl sites for hydroxylation is 2. The number of sulfonamides is 5. The molecular weight excluding hydrogens is 2150 g/mol. The molecular formula is C97H90Cl6F8N10O20S5. The van der Waals surface area contributed by atoms with Crippen LogP contribution in [-0.2, 0) is 107 Å². The summed E-state index contributed by atoms with van der Waals surface area (Å²) in [5, 5.41) is -1.13. The largest absolute Gasteiger partial charge is 0.444 e. The molecule has 0 spiro atoms. The van der Waals surface area contributed by atoms with Crippen LogP contribution in [0, 0.1) is 60.4 Å². The Morgan fingerprint density at radius 1 is 0.253 bits per heavy atom. The second-order valence-electron chi connectivity index (χ2n) is 35.3. The van der Waals surface area contributed by atoms with Gasteiger partial charge in [0.05, 0.1) is 53.6 Å². The highest BCUT2D eigenvalue weighted by Gasteiger charge is 2.46. The van der Waals surface area contributed by atoms with Gasteiger partial charge in [-0.25, -0.2) is 101 Å². The predicted molar refractivity (Wildman–Crippen MR) is 526 cm³/mol. The summed E-state index contributed by atoms with van der Waals surface area (Å²) in [6.07, 6.45) is 1.48. The van der Waals surface area contributed by atoms with Gasteiger partial charge in [0.2, 0.25) is 50.1 Å². The smallest absolute Gasteiger partial charge is 0.414 e. The molecule has 0 N–H and O–H groups in total. The normalized spacial score (nSPS) is 18.4. The third-order valence-electron chi connectivity index (χ3n) is 26.4. The lowest BCUT2D eigenvalue weighted by atomic mass is 10.00. The van der Waals surface area contributed by atoms with Gasteiger partial charge < -0.3 is 23.7 Å². The van der Waals surface area contributed by atoms with Crippen molar-refractivity contribution >= 4 is 179 Å². The van der Waals surface area contributed by atoms with Gasteiger partial charge in [-0.1, -0.05) is 154 Å². The Morgan fingerprint density at radius 3 is 0.849 bits per heavy atom. The van der Waals surface area contributed by atoms with E-state index in [4.69, 9.17) is 93.3 Å². The van der Waals surface area contributed by atoms with Gasteiger partial charge in [0.15, 0.2) is 0 Å². The van der Waals surface area contributed by atoms with Crippen molar-refractivity contribution in [1.29, 1.82) is 0 Å². The molecule has 0 radical (unpaired) electrons. The Labute approximate surface area is 865 Å². The van der Waals surface area contributed by atoms with Crippen molar-refractivity contribution in [3.63, 3.8) is 0 Å². The summed E-state index contributed by atoms with van der Waals surface area (Å²) >= 11 is 34.7. The molecule has 20 rings (SSSR count). The lowest BCUT2D eigenvalue weighted by Gasteiger charge is -2.40. The molecule has 10 aliphatic heterocycles. The Hall–Kier alpha value is -10.7. The summed E-state index contributed by atoms with van der Waals surface area (Å²) < 4.78 is 271. The van der Waals surface area contributed by atoms with Crippen LogP contribution in [0.1, 0.15) is 103 Å². The average molecular weight is 2240 g/mol. The molecule has 5 amide bonds. The monoisotopic (exact) mass is 2240 g/mol. The molecule has 146 heavy (non-hydrogen) atoms. The number of amides is 5. The van der Waals surface area contributed by atoms with Crippen molar-refractivity contribution in [3.05, 3.63) is 292 Å². The molecule has 0 bridgehead atoms. The van der Waals surface area contributed by atoms with E-state index in [0.29, 0.717) is 112 Å². The lowest BCUT2D eigenvalue weighted by molar-refractivity contribution is 0.135. The Bertz CT molecular complexity index is 7220. The zero-order valence-corrected chi connectivity index (χ0v) is 85.9. The van der Waals surface area contributed by atoms with Crippen molar-refractivity contribution in [2.75, 3.05) is 89.9 Å². The number of nitrogens with zero attached hydrogens (tertiary/aromatic N) is 10. The van der Waals surface area contributed by atoms with Crippen molar-refractivity contribution in [1.82, 2.24) is 21.5 Å². The maximum atomic E-state index is 14.1. The van der Waals surface area contributed by atoms with Crippen molar-refractivity contribution in [2.45, 2.75) is 166 Å². The predicted octanol–water partition coefficient (Wildman–Crippen LogP) is 20.6. The SMILES string of the molecule is Cc1ccc2c(c1)COC(=O)N2C1CCN(S(=O)(=O)c2cc(Cl)c(F)cc2F)CC1.Cc1cccc2c1N(C1CCN(S(=O)(=O)c3cc(Cl)c(F)cc3F)CC1)C(=O)OC2.O=C1OCc2cc(Cl)ccc2N1C1CCN(S(=O)(=O)c2cc(Cl)c(F)cc2F)CC1.O=C1OCc2ccccc2N1C1CCN(S(=O)(=O)c2cc(Cl)c(F)cc2F)CC1.O=C1OCc2ccccc2N1C1CCN(S(=O)(=O)c2ccccc2Cl)CC1. The van der Waals surface area contributed by atoms with Gasteiger partial charge in [0.25, 0.3) is 0 Å². The van der Waals surface area contributed by atoms with Crippen LogP contribution in [-0.4, -0.2) is 190 Å². The van der Waals surface area contributed by atoms with E-state index in [0.717, 1.165) is 103 Å². The number of ether oxygens (including phenoxy) is 5. The number of para-hydroxylation sites is 3. The molecule has 10 aliphatic rings. The van der Waals surface area contributed by atoms with Crippen molar-refractivity contribution in [2.24, 2.45) is 0 Å². The highest BCUT2D eigenvalue weighted by atomic mass is 35.5. The minimum Gasteiger partial charge on any atom is -0.444 e. The second kappa shape index (κ2) is 44.6. The molecule has 776 valence electrons. The Kier molecular flexibility index (Phi) is 33.0. The van der Waals surface area contributed by atoms with E-state index < -0.39 is 161 Å². The van der Waals surface area contributed by atoms with E-state index in [9.17, 15) is 101 Å². The number of fused-ring (bicyclic) bond motifs is 5. The number of cyclic esters (lactones) is 5. The van der Waals surface area contributed by atoms with Crippen LogP contribution in [0.15, 0.2) is 200 Å². The maximum Gasteiger partial charge on any atom is 0.414 e. The molecule has 30 nitrogen and oxygen atoms in total. The first-order chi connectivity index (χ1) is 69.3. The number of rotatable bonds is 15. The number of carbonyl (C=O) groups is 5. The Morgan fingerprint density at radius 2 is 0.514 bits per heavy atom. The van der Waals surface area contributed by atoms with Gasteiger partial charge in [-0.3, -0.25) is 24.5 Å². The molecule has 0 atom stereocenters. The summed E-state index contributed by atoms with van der Waals surface area (Å²) in [5.41, 5.74) is 10.2. The number of piperidine rings is 5. The third kappa shape index (κ3) is 22.6. The summed E-state index contributed by atoms with van der Waals surface area (Å²) in [5.74, 6) is -8.88. The summed E-state index contributed by atoms with van der Waals surface area (Å²) in [6, 6.07) is 41.8. The summed E-state index contributed by atoms with van der Waals surface area (Å²) in [6.45, 7) is 6.04. The molecule has 5 saturated heterocycles. The van der Waals surface area contributed by atoms with Crippen LogP contribution in [0.3, 0.4) is 0 Å². The first-order valence-electron chi connectivity index (χ1n) is 45.6. The van der Waals surface area contributed by atoms with Gasteiger partial charge in [0.1, 0.15) is 104 Å². The van der Waals surface area contributed by atoms with Crippen LogP contribution in [0.25, 0.3) is 0 Å². The first-order valence-corrected chi connectivity index (χ1v) is 55.1. The van der Waals surface area contributed by atoms with E-state index in [1.165, 1.54) is 15.3 Å². The average Bonchev–Trinajstić information content (AvgIpc) is 0.763. The quantitative estimate of drug-likeness (QED) is 0.0523. The highest BCUT2D eigenvalue weighted by molar-refractivity contribution is 7.90. The Balaban J connectivity index is 0.000000131. The summed E-state index contributed by atoms with van der Waals surface area (Å²) in [7, 11) is -20.4. The molecule has 0 aliphatic carbocycles. The molecule has 10 aromatic carbocycles. The van der Waals surface area contributed by atoms with Crippen LogP contribution < -0.4 is 24.5 Å². The minimum atomic E-state index is -4.21. The van der Waals surface area contributed by atoms with Gasteiger partial charge in [0, 0.05) is 153 Å². The summed E-state index contributed by atoms with van der Waals surface area (Å²) in [4.78, 5) is 67.4.